The summed E-state index contributed by atoms with van der Waals surface area (Å²) in [6.45, 7) is 0. The van der Waals surface area contributed by atoms with Gasteiger partial charge < -0.3 is 0 Å². The Morgan fingerprint density at radius 3 is 2.40 bits per heavy atom. The van der Waals surface area contributed by atoms with Crippen molar-refractivity contribution in [2.75, 3.05) is 7.05 Å². The number of benzene rings is 2. The summed E-state index contributed by atoms with van der Waals surface area (Å²) in [5.74, 6) is 0.888. The van der Waals surface area contributed by atoms with E-state index in [0.717, 1.165) is 26.9 Å². The van der Waals surface area contributed by atoms with Gasteiger partial charge in [0.05, 0.1) is 5.69 Å². The van der Waals surface area contributed by atoms with Gasteiger partial charge in [-0.25, -0.2) is 3.96 Å². The number of hydrogen-bond acceptors (Lipinski definition) is 3. The number of rotatable bonds is 2. The Morgan fingerprint density at radius 1 is 1.05 bits per heavy atom. The second-order valence-electron chi connectivity index (χ2n) is 4.17. The third-order valence-electron chi connectivity index (χ3n) is 2.85. The molecule has 0 saturated heterocycles. The summed E-state index contributed by atoms with van der Waals surface area (Å²) in [7, 11) is 1.75. The van der Waals surface area contributed by atoms with Crippen LogP contribution in [-0.4, -0.2) is 16.0 Å². The van der Waals surface area contributed by atoms with Gasteiger partial charge in [-0.05, 0) is 35.8 Å². The second-order valence-corrected chi connectivity index (χ2v) is 5.52. The zero-order chi connectivity index (χ0) is 13.9. The minimum absolute atomic E-state index is 0.723. The van der Waals surface area contributed by atoms with Gasteiger partial charge in [-0.3, -0.25) is 4.99 Å². The lowest BCUT2D eigenvalue weighted by molar-refractivity contribution is 1.12. The summed E-state index contributed by atoms with van der Waals surface area (Å²) in [5.41, 5.74) is 2.09. The summed E-state index contributed by atoms with van der Waals surface area (Å²) in [6, 6.07) is 17.8. The van der Waals surface area contributed by atoms with E-state index in [1.807, 2.05) is 54.6 Å². The van der Waals surface area contributed by atoms with Crippen LogP contribution in [0.25, 0.3) is 17.1 Å². The van der Waals surface area contributed by atoms with Crippen molar-refractivity contribution < 1.29 is 0 Å². The number of nitrogens with zero attached hydrogens (tertiary/aromatic N) is 3. The maximum atomic E-state index is 5.95. The van der Waals surface area contributed by atoms with E-state index in [4.69, 9.17) is 11.6 Å². The molecule has 0 unspecified atom stereocenters. The molecule has 3 nitrogen and oxygen atoms in total. The summed E-state index contributed by atoms with van der Waals surface area (Å²) in [4.78, 5) is 9.51. The molecule has 1 aromatic heterocycles. The number of aromatic nitrogens is 2. The molecule has 0 radical (unpaired) electrons. The lowest BCUT2D eigenvalue weighted by atomic mass is 10.2. The molecule has 0 bridgehead atoms. The van der Waals surface area contributed by atoms with Crippen molar-refractivity contribution in [2.24, 2.45) is 4.99 Å². The molecule has 5 heteroatoms. The molecular weight excluding hydrogens is 290 g/mol. The maximum absolute atomic E-state index is 5.95. The molecule has 0 aliphatic heterocycles. The smallest absolute Gasteiger partial charge is 0.222 e. The zero-order valence-corrected chi connectivity index (χ0v) is 12.4. The normalized spacial score (nSPS) is 11.8. The first kappa shape index (κ1) is 13.1. The minimum atomic E-state index is 0.723. The highest BCUT2D eigenvalue weighted by Gasteiger charge is 2.10. The van der Waals surface area contributed by atoms with Crippen LogP contribution >= 0.6 is 23.1 Å². The third kappa shape index (κ3) is 2.53. The van der Waals surface area contributed by atoms with E-state index in [9.17, 15) is 0 Å². The molecule has 0 fully saturated rings. The van der Waals surface area contributed by atoms with Crippen LogP contribution in [0.5, 0.6) is 0 Å². The fourth-order valence-corrected chi connectivity index (χ4v) is 2.85. The van der Waals surface area contributed by atoms with Crippen LogP contribution in [0.2, 0.25) is 5.02 Å². The van der Waals surface area contributed by atoms with E-state index < -0.39 is 0 Å². The second kappa shape index (κ2) is 5.61. The Balaban J connectivity index is 2.20. The van der Waals surface area contributed by atoms with Gasteiger partial charge in [-0.2, -0.15) is 4.98 Å². The fraction of sp³-hybridized carbons (Fsp3) is 0.0667. The molecular formula is C15H12ClN3S. The summed E-state index contributed by atoms with van der Waals surface area (Å²) < 4.78 is 2.06. The van der Waals surface area contributed by atoms with E-state index in [1.165, 1.54) is 11.5 Å². The topological polar surface area (TPSA) is 30.2 Å². The van der Waals surface area contributed by atoms with Crippen LogP contribution in [0.1, 0.15) is 0 Å². The molecule has 1 heterocycles. The largest absolute Gasteiger partial charge is 0.260 e. The zero-order valence-electron chi connectivity index (χ0n) is 10.8. The lowest BCUT2D eigenvalue weighted by Crippen LogP contribution is -1.96. The van der Waals surface area contributed by atoms with Gasteiger partial charge in [0.1, 0.15) is 0 Å². The summed E-state index contributed by atoms with van der Waals surface area (Å²) in [6.07, 6.45) is 0. The predicted molar refractivity (Wildman–Crippen MR) is 83.4 cm³/mol. The van der Waals surface area contributed by atoms with Crippen molar-refractivity contribution in [1.82, 2.24) is 8.94 Å². The van der Waals surface area contributed by atoms with Crippen LogP contribution in [0.3, 0.4) is 0 Å². The number of hydrogen-bond donors (Lipinski definition) is 0. The molecule has 0 amide bonds. The van der Waals surface area contributed by atoms with Crippen molar-refractivity contribution in [3.63, 3.8) is 0 Å². The van der Waals surface area contributed by atoms with Crippen molar-refractivity contribution >= 4 is 23.1 Å². The Bertz CT molecular complexity index is 773. The Morgan fingerprint density at radius 2 is 1.75 bits per heavy atom. The van der Waals surface area contributed by atoms with Crippen molar-refractivity contribution in [1.29, 1.82) is 0 Å². The first-order valence-electron chi connectivity index (χ1n) is 6.12. The van der Waals surface area contributed by atoms with Crippen LogP contribution in [0, 0.1) is 0 Å². The third-order valence-corrected chi connectivity index (χ3v) is 4.11. The molecule has 2 aromatic carbocycles. The quantitative estimate of drug-likeness (QED) is 0.708. The van der Waals surface area contributed by atoms with Crippen LogP contribution in [-0.2, 0) is 0 Å². The highest BCUT2D eigenvalue weighted by molar-refractivity contribution is 7.04. The van der Waals surface area contributed by atoms with Gasteiger partial charge in [-0.1, -0.05) is 41.9 Å². The van der Waals surface area contributed by atoms with Crippen molar-refractivity contribution in [2.45, 2.75) is 0 Å². The van der Waals surface area contributed by atoms with Crippen molar-refractivity contribution in [3.05, 3.63) is 64.4 Å². The lowest BCUT2D eigenvalue weighted by Gasteiger charge is -2.06. The number of halogens is 1. The fourth-order valence-electron chi connectivity index (χ4n) is 1.89. The predicted octanol–water partition coefficient (Wildman–Crippen LogP) is 3.78. The van der Waals surface area contributed by atoms with Gasteiger partial charge in [0.15, 0.2) is 5.82 Å². The average molecular weight is 302 g/mol. The molecule has 3 rings (SSSR count). The summed E-state index contributed by atoms with van der Waals surface area (Å²) in [5, 5.41) is 0.723. The van der Waals surface area contributed by atoms with Crippen molar-refractivity contribution in [3.8, 4) is 17.1 Å². The van der Waals surface area contributed by atoms with E-state index in [-0.39, 0.29) is 0 Å². The van der Waals surface area contributed by atoms with E-state index >= 15 is 0 Å². The average Bonchev–Trinajstić information content (AvgIpc) is 2.93. The van der Waals surface area contributed by atoms with Crippen LogP contribution in [0.15, 0.2) is 59.6 Å². The molecule has 0 aliphatic carbocycles. The Kier molecular flexibility index (Phi) is 3.67. The van der Waals surface area contributed by atoms with Gasteiger partial charge in [-0.15, -0.1) is 0 Å². The Hall–Kier alpha value is -1.91. The SMILES string of the molecule is CN=c1nc(-c2ccccc2)n(-c2ccc(Cl)cc2)s1. The van der Waals surface area contributed by atoms with Crippen LogP contribution in [0.4, 0.5) is 0 Å². The maximum Gasteiger partial charge on any atom is 0.222 e. The molecule has 0 aliphatic rings. The van der Waals surface area contributed by atoms with Crippen LogP contribution < -0.4 is 4.80 Å². The molecule has 100 valence electrons. The molecule has 3 aromatic rings. The highest BCUT2D eigenvalue weighted by atomic mass is 35.5. The standard InChI is InChI=1S/C15H12ClN3S/c1-17-15-18-14(11-5-3-2-4-6-11)19(20-15)13-9-7-12(16)8-10-13/h2-10H,1H3. The van der Waals surface area contributed by atoms with E-state index in [0.29, 0.717) is 0 Å². The minimum Gasteiger partial charge on any atom is -0.260 e. The van der Waals surface area contributed by atoms with Gasteiger partial charge in [0.25, 0.3) is 0 Å². The van der Waals surface area contributed by atoms with E-state index in [2.05, 4.69) is 13.9 Å². The Labute approximate surface area is 126 Å². The monoisotopic (exact) mass is 301 g/mol. The molecule has 0 saturated carbocycles. The molecule has 0 N–H and O–H groups in total. The van der Waals surface area contributed by atoms with Gasteiger partial charge in [0.2, 0.25) is 4.80 Å². The first-order chi connectivity index (χ1) is 9.78. The highest BCUT2D eigenvalue weighted by Crippen LogP contribution is 2.23. The van der Waals surface area contributed by atoms with Gasteiger partial charge in [0, 0.05) is 17.6 Å². The molecule has 20 heavy (non-hydrogen) atoms. The van der Waals surface area contributed by atoms with Gasteiger partial charge >= 0.3 is 0 Å². The summed E-state index contributed by atoms with van der Waals surface area (Å²) >= 11 is 7.46. The molecule has 0 spiro atoms. The first-order valence-corrected chi connectivity index (χ1v) is 7.27. The van der Waals surface area contributed by atoms with E-state index in [1.54, 1.807) is 7.05 Å². The molecule has 0 atom stereocenters.